The summed E-state index contributed by atoms with van der Waals surface area (Å²) in [6.45, 7) is 0. The van der Waals surface area contributed by atoms with Gasteiger partial charge >= 0.3 is 0 Å². The highest BCUT2D eigenvalue weighted by atomic mass is 35.5. The Labute approximate surface area is 158 Å². The quantitative estimate of drug-likeness (QED) is 0.492. The standard InChI is InChI=1S/C20H12ClN3O3/c21-15-3-1-2-13(18(15)25)11-4-6-12(7-5-11)24-9-8-16-17(24)19(26)14(10-22)20(27)23-16/h1-9,25H,(H2,23,26,27). The normalized spacial score (nSPS) is 10.8. The van der Waals surface area contributed by atoms with Crippen LogP contribution in [-0.4, -0.2) is 19.8 Å². The average molecular weight is 378 g/mol. The lowest BCUT2D eigenvalue weighted by atomic mass is 10.0. The molecule has 0 fully saturated rings. The molecule has 3 N–H and O–H groups in total. The van der Waals surface area contributed by atoms with Crippen LogP contribution in [0.1, 0.15) is 5.56 Å². The number of benzene rings is 2. The SMILES string of the molecule is N#Cc1c(O)c2c(ccn2-c2ccc(-c3cccc(Cl)c3O)cc2)[nH]c1=O. The van der Waals surface area contributed by atoms with Gasteiger partial charge in [-0.05, 0) is 29.8 Å². The first kappa shape index (κ1) is 16.8. The van der Waals surface area contributed by atoms with Gasteiger partial charge in [0.15, 0.2) is 11.3 Å². The van der Waals surface area contributed by atoms with Gasteiger partial charge in [0.2, 0.25) is 0 Å². The highest BCUT2D eigenvalue weighted by molar-refractivity contribution is 6.32. The van der Waals surface area contributed by atoms with Crippen LogP contribution in [0.4, 0.5) is 0 Å². The summed E-state index contributed by atoms with van der Waals surface area (Å²) < 4.78 is 1.67. The molecule has 0 aliphatic rings. The number of pyridine rings is 1. The number of hydrogen-bond donors (Lipinski definition) is 3. The topological polar surface area (TPSA) is 102 Å². The Balaban J connectivity index is 1.85. The predicted octanol–water partition coefficient (Wildman–Crippen LogP) is 3.92. The molecule has 2 aromatic carbocycles. The minimum atomic E-state index is -0.632. The Morgan fingerprint density at radius 3 is 2.48 bits per heavy atom. The van der Waals surface area contributed by atoms with Gasteiger partial charge in [-0.25, -0.2) is 0 Å². The molecular formula is C20H12ClN3O3. The molecule has 0 spiro atoms. The minimum absolute atomic E-state index is 0.00668. The zero-order valence-electron chi connectivity index (χ0n) is 13.8. The second kappa shape index (κ2) is 6.24. The Bertz CT molecular complexity index is 1280. The molecule has 7 heteroatoms. The Morgan fingerprint density at radius 2 is 1.78 bits per heavy atom. The molecule has 0 atom stereocenters. The number of aromatic nitrogens is 2. The van der Waals surface area contributed by atoms with Gasteiger partial charge in [0, 0.05) is 17.4 Å². The number of phenolic OH excluding ortho intramolecular Hbond substituents is 1. The van der Waals surface area contributed by atoms with E-state index < -0.39 is 5.56 Å². The second-order valence-corrected chi connectivity index (χ2v) is 6.33. The van der Waals surface area contributed by atoms with Crippen molar-refractivity contribution in [1.29, 1.82) is 5.26 Å². The van der Waals surface area contributed by atoms with Gasteiger partial charge in [-0.3, -0.25) is 4.79 Å². The van der Waals surface area contributed by atoms with Gasteiger partial charge in [-0.1, -0.05) is 35.9 Å². The first-order valence-corrected chi connectivity index (χ1v) is 8.33. The van der Waals surface area contributed by atoms with Gasteiger partial charge in [-0.15, -0.1) is 0 Å². The van der Waals surface area contributed by atoms with Crippen molar-refractivity contribution in [3.8, 4) is 34.4 Å². The third-order valence-corrected chi connectivity index (χ3v) is 4.68. The smallest absolute Gasteiger partial charge is 0.270 e. The van der Waals surface area contributed by atoms with Gasteiger partial charge < -0.3 is 19.8 Å². The minimum Gasteiger partial charge on any atom is -0.506 e. The van der Waals surface area contributed by atoms with Crippen LogP contribution in [0.2, 0.25) is 5.02 Å². The van der Waals surface area contributed by atoms with Crippen LogP contribution < -0.4 is 5.56 Å². The van der Waals surface area contributed by atoms with Gasteiger partial charge in [0.05, 0.1) is 10.5 Å². The van der Waals surface area contributed by atoms with Gasteiger partial charge in [0.25, 0.3) is 5.56 Å². The van der Waals surface area contributed by atoms with E-state index in [1.54, 1.807) is 65.4 Å². The van der Waals surface area contributed by atoms with E-state index >= 15 is 0 Å². The maximum atomic E-state index is 11.8. The average Bonchev–Trinajstić information content (AvgIpc) is 3.08. The first-order chi connectivity index (χ1) is 13.0. The number of nitrogens with zero attached hydrogens (tertiary/aromatic N) is 2. The number of nitriles is 1. The van der Waals surface area contributed by atoms with Crippen LogP contribution >= 0.6 is 11.6 Å². The van der Waals surface area contributed by atoms with Crippen LogP contribution in [0.25, 0.3) is 27.8 Å². The van der Waals surface area contributed by atoms with Crippen molar-refractivity contribution in [3.63, 3.8) is 0 Å². The summed E-state index contributed by atoms with van der Waals surface area (Å²) in [5.41, 5.74) is 1.88. The largest absolute Gasteiger partial charge is 0.506 e. The van der Waals surface area contributed by atoms with E-state index in [9.17, 15) is 15.0 Å². The number of rotatable bonds is 2. The molecule has 2 aromatic heterocycles. The molecule has 132 valence electrons. The van der Waals surface area contributed by atoms with Crippen LogP contribution in [0.15, 0.2) is 59.5 Å². The molecule has 0 saturated heterocycles. The summed E-state index contributed by atoms with van der Waals surface area (Å²) in [5, 5.41) is 29.8. The molecule has 0 bridgehead atoms. The third kappa shape index (κ3) is 2.62. The summed E-state index contributed by atoms with van der Waals surface area (Å²) in [6.07, 6.45) is 1.69. The molecule has 0 aliphatic heterocycles. The number of hydrogen-bond acceptors (Lipinski definition) is 4. The third-order valence-electron chi connectivity index (χ3n) is 4.38. The fourth-order valence-electron chi connectivity index (χ4n) is 3.05. The molecule has 0 unspecified atom stereocenters. The summed E-state index contributed by atoms with van der Waals surface area (Å²) in [4.78, 5) is 14.4. The number of fused-ring (bicyclic) bond motifs is 1. The van der Waals surface area contributed by atoms with E-state index in [4.69, 9.17) is 16.9 Å². The Hall–Kier alpha value is -3.69. The zero-order chi connectivity index (χ0) is 19.1. The predicted molar refractivity (Wildman–Crippen MR) is 102 cm³/mol. The lowest BCUT2D eigenvalue weighted by Gasteiger charge is -2.10. The molecule has 0 aliphatic carbocycles. The van der Waals surface area contributed by atoms with Crippen LogP contribution in [-0.2, 0) is 0 Å². The molecule has 6 nitrogen and oxygen atoms in total. The molecular weight excluding hydrogens is 366 g/mol. The van der Waals surface area contributed by atoms with Crippen molar-refractivity contribution < 1.29 is 10.2 Å². The number of halogens is 1. The lowest BCUT2D eigenvalue weighted by Crippen LogP contribution is -2.10. The fraction of sp³-hybridized carbons (Fsp3) is 0. The van der Waals surface area contributed by atoms with E-state index in [-0.39, 0.29) is 22.1 Å². The first-order valence-electron chi connectivity index (χ1n) is 7.96. The number of H-pyrrole nitrogens is 1. The monoisotopic (exact) mass is 377 g/mol. The van der Waals surface area contributed by atoms with E-state index in [0.29, 0.717) is 22.3 Å². The summed E-state index contributed by atoms with van der Waals surface area (Å²) in [7, 11) is 0. The summed E-state index contributed by atoms with van der Waals surface area (Å²) >= 11 is 5.96. The summed E-state index contributed by atoms with van der Waals surface area (Å²) in [5.74, 6) is -0.356. The molecule has 27 heavy (non-hydrogen) atoms. The number of aromatic hydroxyl groups is 2. The molecule has 4 aromatic rings. The molecule has 0 amide bonds. The molecule has 0 saturated carbocycles. The molecule has 0 radical (unpaired) electrons. The van der Waals surface area contributed by atoms with Gasteiger partial charge in [-0.2, -0.15) is 5.26 Å². The Morgan fingerprint density at radius 1 is 1.04 bits per heavy atom. The number of aromatic amines is 1. The maximum Gasteiger partial charge on any atom is 0.270 e. The summed E-state index contributed by atoms with van der Waals surface area (Å²) in [6, 6.07) is 15.7. The molecule has 4 rings (SSSR count). The van der Waals surface area contributed by atoms with E-state index in [1.807, 2.05) is 0 Å². The highest BCUT2D eigenvalue weighted by Gasteiger charge is 2.16. The van der Waals surface area contributed by atoms with E-state index in [0.717, 1.165) is 5.56 Å². The number of nitrogens with one attached hydrogen (secondary N) is 1. The van der Waals surface area contributed by atoms with Crippen molar-refractivity contribution in [2.75, 3.05) is 0 Å². The zero-order valence-corrected chi connectivity index (χ0v) is 14.5. The van der Waals surface area contributed by atoms with Crippen molar-refractivity contribution in [2.45, 2.75) is 0 Å². The van der Waals surface area contributed by atoms with Crippen LogP contribution in [0.3, 0.4) is 0 Å². The lowest BCUT2D eigenvalue weighted by molar-refractivity contribution is 0.476. The Kier molecular flexibility index (Phi) is 3.87. The highest BCUT2D eigenvalue weighted by Crippen LogP contribution is 2.35. The number of para-hydroxylation sites is 1. The van der Waals surface area contributed by atoms with Crippen molar-refractivity contribution in [1.82, 2.24) is 9.55 Å². The van der Waals surface area contributed by atoms with E-state index in [2.05, 4.69) is 4.98 Å². The molecule has 2 heterocycles. The fourth-order valence-corrected chi connectivity index (χ4v) is 3.23. The maximum absolute atomic E-state index is 11.8. The van der Waals surface area contributed by atoms with Crippen molar-refractivity contribution >= 4 is 22.6 Å². The van der Waals surface area contributed by atoms with Gasteiger partial charge in [0.1, 0.15) is 17.3 Å². The second-order valence-electron chi connectivity index (χ2n) is 5.92. The van der Waals surface area contributed by atoms with Crippen LogP contribution in [0.5, 0.6) is 11.5 Å². The van der Waals surface area contributed by atoms with Crippen molar-refractivity contribution in [2.24, 2.45) is 0 Å². The van der Waals surface area contributed by atoms with Crippen molar-refractivity contribution in [3.05, 3.63) is 75.7 Å². The van der Waals surface area contributed by atoms with E-state index in [1.165, 1.54) is 0 Å². The van der Waals surface area contributed by atoms with Crippen LogP contribution in [0, 0.1) is 11.3 Å². The number of phenols is 1.